The number of nitrogens with one attached hydrogen (secondary N) is 1. The number of carbonyl (C=O) groups excluding carboxylic acids is 2. The minimum absolute atomic E-state index is 0.0732. The number of nitrogens with zero attached hydrogens (tertiary/aromatic N) is 4. The van der Waals surface area contributed by atoms with Gasteiger partial charge in [0.2, 0.25) is 5.91 Å². The van der Waals surface area contributed by atoms with Crippen LogP contribution in [0.2, 0.25) is 0 Å². The molecule has 3 aromatic rings. The Kier molecular flexibility index (Phi) is 10.5. The van der Waals surface area contributed by atoms with Gasteiger partial charge < -0.3 is 20.2 Å². The van der Waals surface area contributed by atoms with Gasteiger partial charge in [0.1, 0.15) is 5.69 Å². The van der Waals surface area contributed by atoms with E-state index in [-0.39, 0.29) is 42.7 Å². The summed E-state index contributed by atoms with van der Waals surface area (Å²) >= 11 is 0. The van der Waals surface area contributed by atoms with Crippen LogP contribution in [0.1, 0.15) is 88.0 Å². The van der Waals surface area contributed by atoms with Crippen molar-refractivity contribution in [3.05, 3.63) is 65.5 Å². The highest BCUT2D eigenvalue weighted by Crippen LogP contribution is 2.34. The van der Waals surface area contributed by atoms with E-state index in [0.29, 0.717) is 5.69 Å². The Bertz CT molecular complexity index is 1480. The summed E-state index contributed by atoms with van der Waals surface area (Å²) in [5.41, 5.74) is 5.56. The molecule has 0 radical (unpaired) electrons. The monoisotopic (exact) mass is 601 g/mol. The van der Waals surface area contributed by atoms with Crippen molar-refractivity contribution in [2.45, 2.75) is 78.2 Å². The van der Waals surface area contributed by atoms with Crippen LogP contribution < -0.4 is 10.2 Å². The van der Waals surface area contributed by atoms with Gasteiger partial charge in [-0.15, -0.1) is 0 Å². The molecule has 2 N–H and O–H groups in total. The van der Waals surface area contributed by atoms with Crippen molar-refractivity contribution in [3.8, 4) is 11.1 Å². The Balaban J connectivity index is 1.62. The van der Waals surface area contributed by atoms with Crippen LogP contribution in [-0.2, 0) is 28.6 Å². The summed E-state index contributed by atoms with van der Waals surface area (Å²) in [7, 11) is 3.79. The predicted molar refractivity (Wildman–Crippen MR) is 175 cm³/mol. The number of carboxylic acids is 1. The van der Waals surface area contributed by atoms with Crippen molar-refractivity contribution >= 4 is 29.2 Å². The van der Waals surface area contributed by atoms with Crippen LogP contribution in [0.25, 0.3) is 11.1 Å². The first-order valence-electron chi connectivity index (χ1n) is 15.7. The fourth-order valence-electron chi connectivity index (χ4n) is 5.32. The number of amides is 2. The van der Waals surface area contributed by atoms with E-state index in [9.17, 15) is 19.5 Å². The van der Waals surface area contributed by atoms with Crippen LogP contribution >= 0.6 is 0 Å². The van der Waals surface area contributed by atoms with Crippen molar-refractivity contribution in [1.82, 2.24) is 14.7 Å². The molecule has 1 aliphatic carbocycles. The zero-order valence-electron chi connectivity index (χ0n) is 27.0. The average molecular weight is 602 g/mol. The number of aryl methyl sites for hydroxylation is 1. The van der Waals surface area contributed by atoms with Crippen molar-refractivity contribution in [1.29, 1.82) is 0 Å². The quantitative estimate of drug-likeness (QED) is 0.232. The maximum Gasteiger partial charge on any atom is 0.305 e. The number of rotatable bonds is 13. The Morgan fingerprint density at radius 1 is 1.05 bits per heavy atom. The molecular weight excluding hydrogens is 554 g/mol. The second-order valence-electron chi connectivity index (χ2n) is 13.0. The maximum absolute atomic E-state index is 13.7. The lowest BCUT2D eigenvalue weighted by molar-refractivity contribution is -0.137. The molecule has 0 bridgehead atoms. The first-order chi connectivity index (χ1) is 20.9. The Labute approximate surface area is 261 Å². The smallest absolute Gasteiger partial charge is 0.305 e. The number of aliphatic carboxylic acids is 1. The molecule has 2 amide bonds. The lowest BCUT2D eigenvalue weighted by Gasteiger charge is -2.27. The first-order valence-corrected chi connectivity index (χ1v) is 15.7. The van der Waals surface area contributed by atoms with Gasteiger partial charge in [-0.2, -0.15) is 5.10 Å². The molecule has 0 atom stereocenters. The van der Waals surface area contributed by atoms with Crippen LogP contribution in [0.5, 0.6) is 0 Å². The van der Waals surface area contributed by atoms with Crippen LogP contribution in [0, 0.1) is 5.92 Å². The Morgan fingerprint density at radius 3 is 2.39 bits per heavy atom. The topological polar surface area (TPSA) is 108 Å². The molecule has 1 aromatic heterocycles. The van der Waals surface area contributed by atoms with Crippen LogP contribution in [-0.4, -0.2) is 57.7 Å². The molecule has 2 aromatic carbocycles. The summed E-state index contributed by atoms with van der Waals surface area (Å²) in [5, 5.41) is 17.2. The molecule has 0 spiro atoms. The zero-order chi connectivity index (χ0) is 32.0. The summed E-state index contributed by atoms with van der Waals surface area (Å²) in [6.07, 6.45) is 4.95. The van der Waals surface area contributed by atoms with E-state index in [4.69, 9.17) is 0 Å². The Morgan fingerprint density at radius 2 is 1.77 bits per heavy atom. The number of carboxylic acid groups (broad SMARTS) is 1. The molecule has 9 nitrogen and oxygen atoms in total. The largest absolute Gasteiger partial charge is 0.481 e. The highest BCUT2D eigenvalue weighted by Gasteiger charge is 2.27. The van der Waals surface area contributed by atoms with Gasteiger partial charge in [0.25, 0.3) is 5.91 Å². The summed E-state index contributed by atoms with van der Waals surface area (Å²) in [6, 6.07) is 15.9. The van der Waals surface area contributed by atoms with Gasteiger partial charge in [0.05, 0.1) is 23.5 Å². The summed E-state index contributed by atoms with van der Waals surface area (Å²) in [5.74, 6) is -1.08. The van der Waals surface area contributed by atoms with E-state index >= 15 is 0 Å². The zero-order valence-corrected chi connectivity index (χ0v) is 27.0. The van der Waals surface area contributed by atoms with Crippen molar-refractivity contribution in [2.24, 2.45) is 13.0 Å². The van der Waals surface area contributed by atoms with Gasteiger partial charge >= 0.3 is 5.97 Å². The first kappa shape index (κ1) is 32.8. The minimum Gasteiger partial charge on any atom is -0.481 e. The number of benzene rings is 2. The van der Waals surface area contributed by atoms with Gasteiger partial charge in [0.15, 0.2) is 0 Å². The Hall–Kier alpha value is -4.14. The molecular formula is C35H47N5O4. The predicted octanol–water partition coefficient (Wildman–Crippen LogP) is 6.48. The number of aromatic nitrogens is 2. The van der Waals surface area contributed by atoms with Gasteiger partial charge in [-0.25, -0.2) is 0 Å². The lowest BCUT2D eigenvalue weighted by Crippen LogP contribution is -2.33. The fraction of sp³-hybridized carbons (Fsp3) is 0.486. The summed E-state index contributed by atoms with van der Waals surface area (Å²) in [4.78, 5) is 41.9. The summed E-state index contributed by atoms with van der Waals surface area (Å²) < 4.78 is 1.58. The second kappa shape index (κ2) is 14.1. The van der Waals surface area contributed by atoms with E-state index in [2.05, 4.69) is 41.4 Å². The maximum atomic E-state index is 13.7. The third-order valence-corrected chi connectivity index (χ3v) is 8.37. The van der Waals surface area contributed by atoms with Gasteiger partial charge in [-0.05, 0) is 60.2 Å². The molecule has 236 valence electrons. The molecule has 9 heteroatoms. The van der Waals surface area contributed by atoms with Gasteiger partial charge in [-0.3, -0.25) is 19.1 Å². The molecule has 0 unspecified atom stereocenters. The molecule has 1 fully saturated rings. The number of unbranched alkanes of at least 4 members (excludes halogenated alkanes) is 1. The standard InChI is InChI=1S/C35H47N5O4/c1-7-8-18-38(5)29-16-15-27(21-28(29)36-33(43)25-12-10-13-25)26-14-9-11-24(20-26)23-40(19-17-32(41)42)34(44)30-22-31(35(2,3)4)37-39(30)6/h9,11,14-16,20-22,25H,7-8,10,12-13,17-19,23H2,1-6H3,(H,36,43)(H,41,42). The van der Waals surface area contributed by atoms with E-state index in [1.807, 2.05) is 51.1 Å². The third-order valence-electron chi connectivity index (χ3n) is 8.37. The van der Waals surface area contributed by atoms with Crippen LogP contribution in [0.4, 0.5) is 11.4 Å². The fourth-order valence-corrected chi connectivity index (χ4v) is 5.32. The normalized spacial score (nSPS) is 13.3. The van der Waals surface area contributed by atoms with E-state index in [1.54, 1.807) is 22.7 Å². The molecule has 44 heavy (non-hydrogen) atoms. The van der Waals surface area contributed by atoms with Crippen LogP contribution in [0.15, 0.2) is 48.5 Å². The van der Waals surface area contributed by atoms with Gasteiger partial charge in [0, 0.05) is 45.1 Å². The highest BCUT2D eigenvalue weighted by molar-refractivity contribution is 5.97. The minimum atomic E-state index is -0.961. The van der Waals surface area contributed by atoms with Crippen molar-refractivity contribution in [2.75, 3.05) is 30.4 Å². The highest BCUT2D eigenvalue weighted by atomic mass is 16.4. The van der Waals surface area contributed by atoms with Crippen molar-refractivity contribution < 1.29 is 19.5 Å². The van der Waals surface area contributed by atoms with Crippen LogP contribution in [0.3, 0.4) is 0 Å². The molecule has 0 saturated heterocycles. The van der Waals surface area contributed by atoms with E-state index in [0.717, 1.165) is 72.4 Å². The lowest BCUT2D eigenvalue weighted by atomic mass is 9.85. The summed E-state index contributed by atoms with van der Waals surface area (Å²) in [6.45, 7) is 9.50. The molecule has 0 aliphatic heterocycles. The van der Waals surface area contributed by atoms with E-state index < -0.39 is 5.97 Å². The molecule has 1 heterocycles. The number of carbonyl (C=O) groups is 3. The third kappa shape index (κ3) is 8.07. The SMILES string of the molecule is CCCCN(C)c1ccc(-c2cccc(CN(CCC(=O)O)C(=O)c3cc(C(C)(C)C)nn3C)c2)cc1NC(=O)C1CCC1. The number of hydrogen-bond acceptors (Lipinski definition) is 5. The molecule has 1 aliphatic rings. The average Bonchev–Trinajstić information content (AvgIpc) is 3.34. The molecule has 1 saturated carbocycles. The number of hydrogen-bond donors (Lipinski definition) is 2. The van der Waals surface area contributed by atoms with Crippen molar-refractivity contribution in [3.63, 3.8) is 0 Å². The second-order valence-corrected chi connectivity index (χ2v) is 13.0. The van der Waals surface area contributed by atoms with E-state index in [1.165, 1.54) is 0 Å². The molecule has 4 rings (SSSR count). The number of anilines is 2. The van der Waals surface area contributed by atoms with Gasteiger partial charge in [-0.1, -0.05) is 64.8 Å².